The third kappa shape index (κ3) is 4.47. The average Bonchev–Trinajstić information content (AvgIpc) is 2.93. The maximum absolute atomic E-state index is 12.5. The summed E-state index contributed by atoms with van der Waals surface area (Å²) in [4.78, 5) is 38.4. The molecule has 5 nitrogen and oxygen atoms in total. The van der Waals surface area contributed by atoms with Gasteiger partial charge in [0.2, 0.25) is 5.91 Å². The first kappa shape index (κ1) is 19.8. The lowest BCUT2D eigenvalue weighted by Gasteiger charge is -2.21. The van der Waals surface area contributed by atoms with Crippen molar-refractivity contribution in [1.82, 2.24) is 10.2 Å². The highest BCUT2D eigenvalue weighted by Crippen LogP contribution is 2.23. The molecule has 3 rings (SSSR count). The average molecular weight is 378 g/mol. The number of carbonyl (C=O) groups is 3. The highest BCUT2D eigenvalue weighted by atomic mass is 16.2. The first-order valence-electron chi connectivity index (χ1n) is 9.77. The molecule has 1 atom stereocenters. The quantitative estimate of drug-likeness (QED) is 0.707. The van der Waals surface area contributed by atoms with Crippen molar-refractivity contribution < 1.29 is 14.4 Å². The van der Waals surface area contributed by atoms with E-state index in [4.69, 9.17) is 0 Å². The maximum atomic E-state index is 12.5. The fourth-order valence-electron chi connectivity index (χ4n) is 3.54. The Bertz CT molecular complexity index is 826. The lowest BCUT2D eigenvalue weighted by Crippen LogP contribution is -2.33. The zero-order valence-corrected chi connectivity index (χ0v) is 16.4. The number of rotatable bonds is 8. The van der Waals surface area contributed by atoms with E-state index in [1.54, 1.807) is 24.3 Å². The lowest BCUT2D eigenvalue weighted by atomic mass is 9.97. The first-order chi connectivity index (χ1) is 13.5. The summed E-state index contributed by atoms with van der Waals surface area (Å²) in [7, 11) is 0. The van der Waals surface area contributed by atoms with Gasteiger partial charge in [-0.3, -0.25) is 19.3 Å². The van der Waals surface area contributed by atoms with E-state index in [0.29, 0.717) is 23.5 Å². The summed E-state index contributed by atoms with van der Waals surface area (Å²) in [5.41, 5.74) is 1.97. The largest absolute Gasteiger partial charge is 0.349 e. The van der Waals surface area contributed by atoms with Gasteiger partial charge in [-0.2, -0.15) is 0 Å². The lowest BCUT2D eigenvalue weighted by molar-refractivity contribution is -0.122. The van der Waals surface area contributed by atoms with Crippen molar-refractivity contribution in [3.63, 3.8) is 0 Å². The van der Waals surface area contributed by atoms with Crippen molar-refractivity contribution in [1.29, 1.82) is 0 Å². The van der Waals surface area contributed by atoms with Gasteiger partial charge < -0.3 is 5.32 Å². The van der Waals surface area contributed by atoms with Gasteiger partial charge in [0.15, 0.2) is 0 Å². The number of hydrogen-bond donors (Lipinski definition) is 1. The molecule has 0 saturated heterocycles. The number of benzene rings is 2. The molecule has 5 heteroatoms. The molecule has 0 aromatic heterocycles. The van der Waals surface area contributed by atoms with Crippen LogP contribution in [0.4, 0.5) is 0 Å². The van der Waals surface area contributed by atoms with E-state index < -0.39 is 0 Å². The van der Waals surface area contributed by atoms with E-state index in [0.717, 1.165) is 12.0 Å². The maximum Gasteiger partial charge on any atom is 0.261 e. The molecule has 0 bridgehead atoms. The van der Waals surface area contributed by atoms with Gasteiger partial charge in [-0.25, -0.2) is 0 Å². The van der Waals surface area contributed by atoms with Crippen molar-refractivity contribution in [2.45, 2.75) is 39.2 Å². The van der Waals surface area contributed by atoms with Crippen molar-refractivity contribution in [2.75, 3.05) is 6.54 Å². The fourth-order valence-corrected chi connectivity index (χ4v) is 3.54. The van der Waals surface area contributed by atoms with E-state index in [-0.39, 0.29) is 36.7 Å². The molecule has 2 aromatic rings. The van der Waals surface area contributed by atoms with Crippen LogP contribution in [-0.4, -0.2) is 29.2 Å². The molecule has 1 N–H and O–H groups in total. The van der Waals surface area contributed by atoms with E-state index in [1.807, 2.05) is 30.3 Å². The number of nitrogens with one attached hydrogen (secondary N) is 1. The Hall–Kier alpha value is -2.95. The monoisotopic (exact) mass is 378 g/mol. The zero-order valence-electron chi connectivity index (χ0n) is 16.4. The van der Waals surface area contributed by atoms with Crippen molar-refractivity contribution in [3.05, 3.63) is 71.3 Å². The van der Waals surface area contributed by atoms with Crippen LogP contribution in [0.15, 0.2) is 54.6 Å². The SMILES string of the molecule is CC(C)CC(NC(=O)CCCN1C(=O)c2ccccc2C1=O)c1ccccc1. The molecule has 1 unspecified atom stereocenters. The van der Waals surface area contributed by atoms with Gasteiger partial charge >= 0.3 is 0 Å². The van der Waals surface area contributed by atoms with Gasteiger partial charge in [0.05, 0.1) is 17.2 Å². The topological polar surface area (TPSA) is 66.5 Å². The number of carbonyl (C=O) groups excluding carboxylic acids is 3. The Morgan fingerprint density at radius 1 is 0.929 bits per heavy atom. The van der Waals surface area contributed by atoms with Gasteiger partial charge in [0.25, 0.3) is 11.8 Å². The number of hydrogen-bond acceptors (Lipinski definition) is 3. The number of amides is 3. The molecule has 0 fully saturated rings. The van der Waals surface area contributed by atoms with Crippen LogP contribution >= 0.6 is 0 Å². The van der Waals surface area contributed by atoms with Gasteiger partial charge in [0, 0.05) is 13.0 Å². The molecule has 0 saturated carbocycles. The van der Waals surface area contributed by atoms with Gasteiger partial charge in [-0.15, -0.1) is 0 Å². The number of fused-ring (bicyclic) bond motifs is 1. The van der Waals surface area contributed by atoms with Crippen LogP contribution in [0.2, 0.25) is 0 Å². The smallest absolute Gasteiger partial charge is 0.261 e. The van der Waals surface area contributed by atoms with Crippen LogP contribution in [-0.2, 0) is 4.79 Å². The second-order valence-electron chi connectivity index (χ2n) is 7.57. The van der Waals surface area contributed by atoms with Crippen molar-refractivity contribution in [3.8, 4) is 0 Å². The summed E-state index contributed by atoms with van der Waals surface area (Å²) in [5.74, 6) is -0.166. The summed E-state index contributed by atoms with van der Waals surface area (Å²) < 4.78 is 0. The molecule has 2 aromatic carbocycles. The van der Waals surface area contributed by atoms with Gasteiger partial charge in [-0.05, 0) is 36.5 Å². The number of nitrogens with zero attached hydrogens (tertiary/aromatic N) is 1. The minimum atomic E-state index is -0.275. The molecule has 0 spiro atoms. The highest BCUT2D eigenvalue weighted by molar-refractivity contribution is 6.21. The molecular weight excluding hydrogens is 352 g/mol. The van der Waals surface area contributed by atoms with Gasteiger partial charge in [-0.1, -0.05) is 56.3 Å². The summed E-state index contributed by atoms with van der Waals surface area (Å²) in [5, 5.41) is 3.10. The standard InChI is InChI=1S/C23H26N2O3/c1-16(2)15-20(17-9-4-3-5-10-17)24-21(26)13-8-14-25-22(27)18-11-6-7-12-19(18)23(25)28/h3-7,9-12,16,20H,8,13-15H2,1-2H3,(H,24,26). The molecule has 1 aliphatic rings. The Balaban J connectivity index is 1.54. The Kier molecular flexibility index (Phi) is 6.24. The van der Waals surface area contributed by atoms with E-state index >= 15 is 0 Å². The Labute approximate surface area is 165 Å². The summed E-state index contributed by atoms with van der Waals surface area (Å²) in [6.07, 6.45) is 1.57. The molecule has 0 aliphatic carbocycles. The predicted octanol–water partition coefficient (Wildman–Crippen LogP) is 3.97. The zero-order chi connectivity index (χ0) is 20.1. The van der Waals surface area contributed by atoms with Crippen LogP contribution in [0.25, 0.3) is 0 Å². The fraction of sp³-hybridized carbons (Fsp3) is 0.348. The van der Waals surface area contributed by atoms with Gasteiger partial charge in [0.1, 0.15) is 0 Å². The van der Waals surface area contributed by atoms with Crippen LogP contribution in [0.3, 0.4) is 0 Å². The normalized spacial score (nSPS) is 14.3. The summed E-state index contributed by atoms with van der Waals surface area (Å²) >= 11 is 0. The van der Waals surface area contributed by atoms with E-state index in [2.05, 4.69) is 19.2 Å². The Morgan fingerprint density at radius 3 is 2.07 bits per heavy atom. The highest BCUT2D eigenvalue weighted by Gasteiger charge is 2.34. The van der Waals surface area contributed by atoms with Crippen LogP contribution in [0, 0.1) is 5.92 Å². The van der Waals surface area contributed by atoms with Crippen LogP contribution in [0.5, 0.6) is 0 Å². The van der Waals surface area contributed by atoms with Crippen molar-refractivity contribution >= 4 is 17.7 Å². The summed E-state index contributed by atoms with van der Waals surface area (Å²) in [6.45, 7) is 4.51. The molecule has 1 aliphatic heterocycles. The molecule has 28 heavy (non-hydrogen) atoms. The van der Waals surface area contributed by atoms with Crippen LogP contribution < -0.4 is 5.32 Å². The van der Waals surface area contributed by atoms with E-state index in [1.165, 1.54) is 4.90 Å². The molecule has 146 valence electrons. The second kappa shape index (κ2) is 8.83. The third-order valence-corrected chi connectivity index (χ3v) is 4.91. The number of imide groups is 1. The molecule has 3 amide bonds. The third-order valence-electron chi connectivity index (χ3n) is 4.91. The minimum absolute atomic E-state index is 0.0343. The predicted molar refractivity (Wildman–Crippen MR) is 108 cm³/mol. The summed E-state index contributed by atoms with van der Waals surface area (Å²) in [6, 6.07) is 16.7. The van der Waals surface area contributed by atoms with E-state index in [9.17, 15) is 14.4 Å². The molecule has 0 radical (unpaired) electrons. The minimum Gasteiger partial charge on any atom is -0.349 e. The molecular formula is C23H26N2O3. The first-order valence-corrected chi connectivity index (χ1v) is 9.77. The second-order valence-corrected chi connectivity index (χ2v) is 7.57. The molecule has 1 heterocycles. The van der Waals surface area contributed by atoms with Crippen LogP contribution in [0.1, 0.15) is 65.4 Å². The Morgan fingerprint density at radius 2 is 1.50 bits per heavy atom. The van der Waals surface area contributed by atoms with Crippen molar-refractivity contribution in [2.24, 2.45) is 5.92 Å².